The molecule has 0 saturated heterocycles. The van der Waals surface area contributed by atoms with Gasteiger partial charge in [0.1, 0.15) is 0 Å². The number of rotatable bonds is 5. The summed E-state index contributed by atoms with van der Waals surface area (Å²) in [4.78, 5) is 0. The Hall–Kier alpha value is -1.76. The quantitative estimate of drug-likeness (QED) is 0.773. The molecule has 0 bridgehead atoms. The normalized spacial score (nSPS) is 19.8. The first-order chi connectivity index (χ1) is 11.1. The summed E-state index contributed by atoms with van der Waals surface area (Å²) in [7, 11) is 0. The van der Waals surface area contributed by atoms with Crippen molar-refractivity contribution in [2.45, 2.75) is 53.5 Å². The van der Waals surface area contributed by atoms with Gasteiger partial charge >= 0.3 is 0 Å². The molecular formula is C22H29N. The molecule has 0 amide bonds. The Balaban J connectivity index is 2.18. The molecule has 122 valence electrons. The molecule has 0 N–H and O–H groups in total. The van der Waals surface area contributed by atoms with E-state index in [1.165, 1.54) is 40.1 Å². The molecular weight excluding hydrogens is 278 g/mol. The average molecular weight is 307 g/mol. The van der Waals surface area contributed by atoms with Crippen molar-refractivity contribution >= 4 is 12.2 Å². The van der Waals surface area contributed by atoms with Gasteiger partial charge < -0.3 is 4.57 Å². The van der Waals surface area contributed by atoms with Crippen LogP contribution in [0.2, 0.25) is 0 Å². The van der Waals surface area contributed by atoms with E-state index >= 15 is 0 Å². The predicted molar refractivity (Wildman–Crippen MR) is 101 cm³/mol. The van der Waals surface area contributed by atoms with Gasteiger partial charge in [-0.3, -0.25) is 0 Å². The van der Waals surface area contributed by atoms with E-state index in [0.717, 1.165) is 13.0 Å². The second-order valence-corrected chi connectivity index (χ2v) is 6.99. The van der Waals surface area contributed by atoms with Crippen LogP contribution in [-0.4, -0.2) is 4.57 Å². The van der Waals surface area contributed by atoms with Crippen molar-refractivity contribution in [3.05, 3.63) is 46.6 Å². The Morgan fingerprint density at radius 2 is 1.83 bits per heavy atom. The molecule has 0 fully saturated rings. The summed E-state index contributed by atoms with van der Waals surface area (Å²) in [6, 6.07) is 9.04. The molecule has 1 nitrogen and oxygen atoms in total. The van der Waals surface area contributed by atoms with Crippen LogP contribution in [0.1, 0.15) is 46.1 Å². The molecule has 0 spiro atoms. The topological polar surface area (TPSA) is 4.93 Å². The minimum atomic E-state index is 0.609. The molecule has 2 aromatic rings. The van der Waals surface area contributed by atoms with Gasteiger partial charge in [0.25, 0.3) is 0 Å². The summed E-state index contributed by atoms with van der Waals surface area (Å²) in [5, 5.41) is 2.88. The van der Waals surface area contributed by atoms with Crippen LogP contribution in [-0.2, 0) is 13.0 Å². The van der Waals surface area contributed by atoms with Gasteiger partial charge in [0.15, 0.2) is 0 Å². The summed E-state index contributed by atoms with van der Waals surface area (Å²) in [6.45, 7) is 10.3. The van der Waals surface area contributed by atoms with Crippen LogP contribution in [0.5, 0.6) is 0 Å². The number of unbranched alkanes of at least 4 members (excludes halogenated alkanes) is 1. The first-order valence-electron chi connectivity index (χ1n) is 9.16. The second-order valence-electron chi connectivity index (χ2n) is 6.99. The van der Waals surface area contributed by atoms with Gasteiger partial charge in [-0.2, -0.15) is 0 Å². The van der Waals surface area contributed by atoms with Crippen LogP contribution in [0.4, 0.5) is 0 Å². The standard InChI is InChI=1S/C22H29N/c1-5-7-11-23-15-21(19-10-8-9-18(6-2)14-19)20-12-16(3)17(4)13-22(20)23/h8-10,12-17H,5-7,11H2,1-4H3. The number of aromatic nitrogens is 1. The maximum atomic E-state index is 2.48. The fourth-order valence-corrected chi connectivity index (χ4v) is 3.47. The van der Waals surface area contributed by atoms with Crippen LogP contribution in [0.25, 0.3) is 23.3 Å². The summed E-state index contributed by atoms with van der Waals surface area (Å²) in [5.74, 6) is 1.23. The van der Waals surface area contributed by atoms with Crippen molar-refractivity contribution < 1.29 is 0 Å². The van der Waals surface area contributed by atoms with Gasteiger partial charge in [-0.05, 0) is 35.8 Å². The summed E-state index contributed by atoms with van der Waals surface area (Å²) in [5.41, 5.74) is 4.18. The first kappa shape index (κ1) is 16.1. The smallest absolute Gasteiger partial charge is 0.0446 e. The zero-order valence-electron chi connectivity index (χ0n) is 15.0. The lowest BCUT2D eigenvalue weighted by atomic mass is 9.90. The number of nitrogens with zero attached hydrogens (tertiary/aromatic N) is 1. The van der Waals surface area contributed by atoms with Crippen molar-refractivity contribution in [2.75, 3.05) is 0 Å². The van der Waals surface area contributed by atoms with Crippen LogP contribution in [0.15, 0.2) is 30.5 Å². The van der Waals surface area contributed by atoms with Gasteiger partial charge in [-0.1, -0.05) is 70.5 Å². The van der Waals surface area contributed by atoms with Crippen molar-refractivity contribution in [1.29, 1.82) is 0 Å². The third-order valence-electron chi connectivity index (χ3n) is 5.24. The third-order valence-corrected chi connectivity index (χ3v) is 5.24. The van der Waals surface area contributed by atoms with E-state index in [1.54, 1.807) is 0 Å². The van der Waals surface area contributed by atoms with E-state index in [0.29, 0.717) is 11.8 Å². The number of fused-ring (bicyclic) bond motifs is 1. The fourth-order valence-electron chi connectivity index (χ4n) is 3.47. The Morgan fingerprint density at radius 1 is 1.04 bits per heavy atom. The lowest BCUT2D eigenvalue weighted by molar-refractivity contribution is 0.586. The number of benzene rings is 1. The molecule has 1 aliphatic carbocycles. The van der Waals surface area contributed by atoms with E-state index in [2.05, 4.69) is 74.9 Å². The lowest BCUT2D eigenvalue weighted by Gasteiger charge is -2.16. The second kappa shape index (κ2) is 6.78. The van der Waals surface area contributed by atoms with Crippen LogP contribution >= 0.6 is 0 Å². The Labute approximate surface area is 140 Å². The van der Waals surface area contributed by atoms with Gasteiger partial charge in [-0.25, -0.2) is 0 Å². The number of hydrogen-bond acceptors (Lipinski definition) is 0. The average Bonchev–Trinajstić information content (AvgIpc) is 2.91. The van der Waals surface area contributed by atoms with Crippen molar-refractivity contribution in [2.24, 2.45) is 11.8 Å². The Morgan fingerprint density at radius 3 is 2.57 bits per heavy atom. The zero-order chi connectivity index (χ0) is 16.4. The zero-order valence-corrected chi connectivity index (χ0v) is 15.0. The van der Waals surface area contributed by atoms with Crippen molar-refractivity contribution in [3.63, 3.8) is 0 Å². The van der Waals surface area contributed by atoms with Crippen molar-refractivity contribution in [3.8, 4) is 11.1 Å². The molecule has 3 rings (SSSR count). The summed E-state index contributed by atoms with van der Waals surface area (Å²) >= 11 is 0. The minimum absolute atomic E-state index is 0.609. The van der Waals surface area contributed by atoms with Crippen LogP contribution < -0.4 is 10.6 Å². The van der Waals surface area contributed by atoms with E-state index in [1.807, 2.05) is 0 Å². The molecule has 1 aliphatic rings. The third kappa shape index (κ3) is 3.15. The predicted octanol–water partition coefficient (Wildman–Crippen LogP) is 4.36. The minimum Gasteiger partial charge on any atom is -0.347 e. The van der Waals surface area contributed by atoms with E-state index < -0.39 is 0 Å². The van der Waals surface area contributed by atoms with Crippen LogP contribution in [0, 0.1) is 11.8 Å². The van der Waals surface area contributed by atoms with E-state index in [4.69, 9.17) is 0 Å². The molecule has 2 unspecified atom stereocenters. The van der Waals surface area contributed by atoms with Crippen molar-refractivity contribution in [1.82, 2.24) is 4.57 Å². The highest BCUT2D eigenvalue weighted by Gasteiger charge is 2.16. The molecule has 23 heavy (non-hydrogen) atoms. The highest BCUT2D eigenvalue weighted by molar-refractivity contribution is 5.67. The molecule has 1 heterocycles. The maximum absolute atomic E-state index is 2.48. The molecule has 0 aliphatic heterocycles. The van der Waals surface area contributed by atoms with Gasteiger partial charge in [0, 0.05) is 28.9 Å². The fraction of sp³-hybridized carbons (Fsp3) is 0.455. The van der Waals surface area contributed by atoms with E-state index in [-0.39, 0.29) is 0 Å². The Bertz CT molecular complexity index is 794. The van der Waals surface area contributed by atoms with Gasteiger partial charge in [0.05, 0.1) is 0 Å². The molecule has 1 aromatic heterocycles. The maximum Gasteiger partial charge on any atom is 0.0446 e. The molecule has 1 aromatic carbocycles. The van der Waals surface area contributed by atoms with Crippen LogP contribution in [0.3, 0.4) is 0 Å². The highest BCUT2D eigenvalue weighted by Crippen LogP contribution is 2.21. The highest BCUT2D eigenvalue weighted by atomic mass is 14.9. The molecule has 1 heteroatoms. The lowest BCUT2D eigenvalue weighted by Crippen LogP contribution is -2.35. The molecule has 0 radical (unpaired) electrons. The Kier molecular flexibility index (Phi) is 4.75. The number of hydrogen-bond donors (Lipinski definition) is 0. The first-order valence-corrected chi connectivity index (χ1v) is 9.16. The SMILES string of the molecule is CCCCn1cc(-c2cccc(CC)c2)c2c1=CC(C)C(C)C=2. The van der Waals surface area contributed by atoms with Gasteiger partial charge in [-0.15, -0.1) is 0 Å². The largest absolute Gasteiger partial charge is 0.347 e. The molecule has 2 atom stereocenters. The molecule has 0 saturated carbocycles. The summed E-state index contributed by atoms with van der Waals surface area (Å²) in [6.07, 6.45) is 10.9. The monoisotopic (exact) mass is 307 g/mol. The summed E-state index contributed by atoms with van der Waals surface area (Å²) < 4.78 is 2.48. The number of aryl methyl sites for hydroxylation is 2. The van der Waals surface area contributed by atoms with Gasteiger partial charge in [0.2, 0.25) is 0 Å². The van der Waals surface area contributed by atoms with E-state index in [9.17, 15) is 0 Å².